The largest absolute Gasteiger partial charge is 0.396 e. The van der Waals surface area contributed by atoms with Gasteiger partial charge in [0, 0.05) is 31.0 Å². The van der Waals surface area contributed by atoms with E-state index >= 15 is 0 Å². The average molecular weight is 198 g/mol. The molecule has 2 atom stereocenters. The molecule has 1 saturated heterocycles. The van der Waals surface area contributed by atoms with Crippen LogP contribution in [0.2, 0.25) is 0 Å². The minimum atomic E-state index is 0.127. The van der Waals surface area contributed by atoms with Crippen molar-refractivity contribution in [2.45, 2.75) is 25.3 Å². The second-order valence-corrected chi connectivity index (χ2v) is 4.32. The SMILES string of the molecule is O=C(N[C@@H]1CNCC[C@@H]1CO)C1CC1. The predicted molar refractivity (Wildman–Crippen MR) is 52.7 cm³/mol. The van der Waals surface area contributed by atoms with Crippen molar-refractivity contribution in [1.29, 1.82) is 0 Å². The van der Waals surface area contributed by atoms with E-state index in [1.165, 1.54) is 0 Å². The second kappa shape index (κ2) is 4.28. The maximum atomic E-state index is 11.5. The molecule has 0 aromatic rings. The first-order valence-electron chi connectivity index (χ1n) is 5.43. The third kappa shape index (κ3) is 2.25. The minimum Gasteiger partial charge on any atom is -0.396 e. The van der Waals surface area contributed by atoms with Crippen LogP contribution in [0.25, 0.3) is 0 Å². The fourth-order valence-electron chi connectivity index (χ4n) is 1.95. The van der Waals surface area contributed by atoms with Gasteiger partial charge in [-0.2, -0.15) is 0 Å². The van der Waals surface area contributed by atoms with E-state index in [1.807, 2.05) is 0 Å². The number of carbonyl (C=O) groups excluding carboxylic acids is 1. The van der Waals surface area contributed by atoms with Crippen molar-refractivity contribution in [2.24, 2.45) is 11.8 Å². The molecule has 0 spiro atoms. The fourth-order valence-corrected chi connectivity index (χ4v) is 1.95. The maximum Gasteiger partial charge on any atom is 0.223 e. The third-order valence-corrected chi connectivity index (χ3v) is 3.14. The van der Waals surface area contributed by atoms with E-state index in [9.17, 15) is 4.79 Å². The van der Waals surface area contributed by atoms with Gasteiger partial charge in [0.05, 0.1) is 0 Å². The van der Waals surface area contributed by atoms with Crippen molar-refractivity contribution in [3.8, 4) is 0 Å². The summed E-state index contributed by atoms with van der Waals surface area (Å²) in [6.07, 6.45) is 3.03. The predicted octanol–water partition coefficient (Wildman–Crippen LogP) is -0.517. The molecule has 0 radical (unpaired) electrons. The molecule has 2 rings (SSSR count). The standard InChI is InChI=1S/C10H18N2O2/c13-6-8-3-4-11-5-9(8)12-10(14)7-1-2-7/h7-9,11,13H,1-6H2,(H,12,14)/t8-,9-/m1/s1. The Balaban J connectivity index is 1.83. The molecule has 3 N–H and O–H groups in total. The molecule has 4 nitrogen and oxygen atoms in total. The third-order valence-electron chi connectivity index (χ3n) is 3.14. The molecular weight excluding hydrogens is 180 g/mol. The molecule has 1 amide bonds. The normalized spacial score (nSPS) is 32.6. The number of piperidine rings is 1. The number of hydrogen-bond donors (Lipinski definition) is 3. The second-order valence-electron chi connectivity index (χ2n) is 4.32. The van der Waals surface area contributed by atoms with Crippen molar-refractivity contribution in [3.63, 3.8) is 0 Å². The van der Waals surface area contributed by atoms with Crippen LogP contribution in [0.4, 0.5) is 0 Å². The van der Waals surface area contributed by atoms with Crippen molar-refractivity contribution in [3.05, 3.63) is 0 Å². The smallest absolute Gasteiger partial charge is 0.223 e. The first-order valence-corrected chi connectivity index (χ1v) is 5.43. The Labute approximate surface area is 84.1 Å². The van der Waals surface area contributed by atoms with Gasteiger partial charge in [-0.1, -0.05) is 0 Å². The van der Waals surface area contributed by atoms with Gasteiger partial charge in [-0.15, -0.1) is 0 Å². The highest BCUT2D eigenvalue weighted by atomic mass is 16.3. The van der Waals surface area contributed by atoms with Gasteiger partial charge in [-0.05, 0) is 25.8 Å². The summed E-state index contributed by atoms with van der Waals surface area (Å²) in [6.45, 7) is 1.92. The first-order chi connectivity index (χ1) is 6.81. The molecule has 0 unspecified atom stereocenters. The molecule has 80 valence electrons. The highest BCUT2D eigenvalue weighted by molar-refractivity contribution is 5.81. The van der Waals surface area contributed by atoms with Crippen LogP contribution in [0.5, 0.6) is 0 Å². The zero-order valence-corrected chi connectivity index (χ0v) is 8.33. The Morgan fingerprint density at radius 2 is 2.21 bits per heavy atom. The average Bonchev–Trinajstić information content (AvgIpc) is 3.02. The van der Waals surface area contributed by atoms with E-state index in [4.69, 9.17) is 5.11 Å². The van der Waals surface area contributed by atoms with Gasteiger partial charge >= 0.3 is 0 Å². The minimum absolute atomic E-state index is 0.127. The van der Waals surface area contributed by atoms with Crippen molar-refractivity contribution < 1.29 is 9.90 Å². The summed E-state index contributed by atoms with van der Waals surface area (Å²) in [5.41, 5.74) is 0. The Kier molecular flexibility index (Phi) is 3.03. The summed E-state index contributed by atoms with van der Waals surface area (Å²) in [7, 11) is 0. The molecule has 0 bridgehead atoms. The molecule has 1 saturated carbocycles. The van der Waals surface area contributed by atoms with Gasteiger partial charge < -0.3 is 15.7 Å². The Morgan fingerprint density at radius 3 is 2.86 bits per heavy atom. The van der Waals surface area contributed by atoms with E-state index < -0.39 is 0 Å². The highest BCUT2D eigenvalue weighted by Crippen LogP contribution is 2.29. The molecule has 1 aliphatic carbocycles. The van der Waals surface area contributed by atoms with Gasteiger partial charge in [0.15, 0.2) is 0 Å². The van der Waals surface area contributed by atoms with E-state index in [1.54, 1.807) is 0 Å². The summed E-state index contributed by atoms with van der Waals surface area (Å²) in [5, 5.41) is 15.4. The van der Waals surface area contributed by atoms with Crippen molar-refractivity contribution >= 4 is 5.91 Å². The first kappa shape index (κ1) is 9.93. The quantitative estimate of drug-likeness (QED) is 0.572. The summed E-state index contributed by atoms with van der Waals surface area (Å²) in [5.74, 6) is 0.673. The number of carbonyl (C=O) groups is 1. The van der Waals surface area contributed by atoms with Crippen LogP contribution >= 0.6 is 0 Å². The van der Waals surface area contributed by atoms with Crippen LogP contribution in [0, 0.1) is 11.8 Å². The lowest BCUT2D eigenvalue weighted by Gasteiger charge is -2.31. The van der Waals surface area contributed by atoms with E-state index in [0.29, 0.717) is 0 Å². The van der Waals surface area contributed by atoms with Crippen LogP contribution in [-0.4, -0.2) is 36.8 Å². The number of amides is 1. The zero-order valence-electron chi connectivity index (χ0n) is 8.33. The van der Waals surface area contributed by atoms with Gasteiger partial charge in [-0.25, -0.2) is 0 Å². The molecule has 14 heavy (non-hydrogen) atoms. The maximum absolute atomic E-state index is 11.5. The molecule has 4 heteroatoms. The number of aliphatic hydroxyl groups excluding tert-OH is 1. The van der Waals surface area contributed by atoms with Crippen molar-refractivity contribution in [2.75, 3.05) is 19.7 Å². The lowest BCUT2D eigenvalue weighted by atomic mass is 9.93. The van der Waals surface area contributed by atoms with Crippen LogP contribution < -0.4 is 10.6 Å². The molecule has 2 aliphatic rings. The Morgan fingerprint density at radius 1 is 1.43 bits per heavy atom. The van der Waals surface area contributed by atoms with Crippen molar-refractivity contribution in [1.82, 2.24) is 10.6 Å². The Bertz CT molecular complexity index is 216. The van der Waals surface area contributed by atoms with Gasteiger partial charge in [-0.3, -0.25) is 4.79 Å². The fraction of sp³-hybridized carbons (Fsp3) is 0.900. The van der Waals surface area contributed by atoms with Gasteiger partial charge in [0.25, 0.3) is 0 Å². The van der Waals surface area contributed by atoms with Crippen LogP contribution in [0.1, 0.15) is 19.3 Å². The Hall–Kier alpha value is -0.610. The molecule has 0 aromatic carbocycles. The number of rotatable bonds is 3. The summed E-state index contributed by atoms with van der Waals surface area (Å²) < 4.78 is 0. The van der Waals surface area contributed by atoms with E-state index in [0.717, 1.165) is 32.4 Å². The lowest BCUT2D eigenvalue weighted by molar-refractivity contribution is -0.123. The molecule has 1 aliphatic heterocycles. The highest BCUT2D eigenvalue weighted by Gasteiger charge is 2.33. The molecular formula is C10H18N2O2. The van der Waals surface area contributed by atoms with Crippen LogP contribution in [0.15, 0.2) is 0 Å². The summed E-state index contributed by atoms with van der Waals surface area (Å²) in [4.78, 5) is 11.5. The van der Waals surface area contributed by atoms with E-state index in [2.05, 4.69) is 10.6 Å². The topological polar surface area (TPSA) is 61.4 Å². The van der Waals surface area contributed by atoms with E-state index in [-0.39, 0.29) is 30.4 Å². The number of hydrogen-bond acceptors (Lipinski definition) is 3. The molecule has 0 aromatic heterocycles. The van der Waals surface area contributed by atoms with Crippen LogP contribution in [-0.2, 0) is 4.79 Å². The summed E-state index contributed by atoms with van der Waals surface area (Å²) in [6, 6.07) is 0.127. The summed E-state index contributed by atoms with van der Waals surface area (Å²) >= 11 is 0. The number of aliphatic hydroxyl groups is 1. The monoisotopic (exact) mass is 198 g/mol. The van der Waals surface area contributed by atoms with Crippen LogP contribution in [0.3, 0.4) is 0 Å². The van der Waals surface area contributed by atoms with Gasteiger partial charge in [0.2, 0.25) is 5.91 Å². The molecule has 2 fully saturated rings. The van der Waals surface area contributed by atoms with Gasteiger partial charge in [0.1, 0.15) is 0 Å². The lowest BCUT2D eigenvalue weighted by Crippen LogP contribution is -2.52. The zero-order chi connectivity index (χ0) is 9.97. The molecule has 1 heterocycles. The number of nitrogens with one attached hydrogen (secondary N) is 2.